The van der Waals surface area contributed by atoms with Crippen LogP contribution in [0.15, 0.2) is 24.3 Å². The summed E-state index contributed by atoms with van der Waals surface area (Å²) in [6.07, 6.45) is 0. The Balaban J connectivity index is 2.34. The van der Waals surface area contributed by atoms with Crippen molar-refractivity contribution in [2.45, 2.75) is 13.8 Å². The van der Waals surface area contributed by atoms with Gasteiger partial charge in [0.25, 0.3) is 5.88 Å². The van der Waals surface area contributed by atoms with Crippen LogP contribution >= 0.6 is 0 Å². The van der Waals surface area contributed by atoms with Crippen LogP contribution in [-0.2, 0) is 4.79 Å². The van der Waals surface area contributed by atoms with Crippen molar-refractivity contribution in [1.82, 2.24) is 15.0 Å². The van der Waals surface area contributed by atoms with Crippen LogP contribution in [0.5, 0.6) is 5.88 Å². The molecule has 0 unspecified atom stereocenters. The second-order valence-corrected chi connectivity index (χ2v) is 3.45. The molecule has 0 amide bonds. The Morgan fingerprint density at radius 2 is 1.94 bits per heavy atom. The Morgan fingerprint density at radius 1 is 1.29 bits per heavy atom. The Kier molecular flexibility index (Phi) is 2.86. The average molecular weight is 235 g/mol. The third kappa shape index (κ3) is 2.47. The molecule has 88 valence electrons. The summed E-state index contributed by atoms with van der Waals surface area (Å²) in [4.78, 5) is 12.1. The van der Waals surface area contributed by atoms with Gasteiger partial charge in [-0.3, -0.25) is 4.79 Å². The minimum Gasteiger partial charge on any atom is -0.404 e. The number of hydrogen-bond acceptors (Lipinski definition) is 4. The minimum absolute atomic E-state index is 0.154. The van der Waals surface area contributed by atoms with Gasteiger partial charge in [0.2, 0.25) is 0 Å². The molecule has 1 aromatic carbocycles. The van der Waals surface area contributed by atoms with Crippen LogP contribution in [0, 0.1) is 12.7 Å². The van der Waals surface area contributed by atoms with Gasteiger partial charge in [-0.15, -0.1) is 15.0 Å². The zero-order valence-electron chi connectivity index (χ0n) is 9.35. The van der Waals surface area contributed by atoms with Gasteiger partial charge in [0.05, 0.1) is 5.69 Å². The fraction of sp³-hybridized carbons (Fsp3) is 0.182. The van der Waals surface area contributed by atoms with Crippen molar-refractivity contribution in [3.05, 3.63) is 35.8 Å². The van der Waals surface area contributed by atoms with E-state index >= 15 is 0 Å². The van der Waals surface area contributed by atoms with E-state index in [9.17, 15) is 9.18 Å². The zero-order chi connectivity index (χ0) is 12.4. The Hall–Kier alpha value is -2.24. The summed E-state index contributed by atoms with van der Waals surface area (Å²) in [7, 11) is 0. The van der Waals surface area contributed by atoms with Gasteiger partial charge in [0, 0.05) is 6.92 Å². The molecule has 6 heteroatoms. The van der Waals surface area contributed by atoms with Gasteiger partial charge in [-0.05, 0) is 31.2 Å². The first-order valence-electron chi connectivity index (χ1n) is 4.94. The van der Waals surface area contributed by atoms with Crippen LogP contribution in [0.4, 0.5) is 4.39 Å². The molecule has 2 rings (SSSR count). The molecule has 0 aliphatic rings. The monoisotopic (exact) mass is 235 g/mol. The van der Waals surface area contributed by atoms with Crippen molar-refractivity contribution in [2.24, 2.45) is 0 Å². The van der Waals surface area contributed by atoms with Gasteiger partial charge in [0.1, 0.15) is 11.5 Å². The fourth-order valence-electron chi connectivity index (χ4n) is 1.29. The molecule has 0 fully saturated rings. The van der Waals surface area contributed by atoms with E-state index in [1.54, 1.807) is 6.92 Å². The van der Waals surface area contributed by atoms with Crippen LogP contribution in [0.1, 0.15) is 12.6 Å². The quantitative estimate of drug-likeness (QED) is 0.742. The van der Waals surface area contributed by atoms with Gasteiger partial charge < -0.3 is 4.74 Å². The van der Waals surface area contributed by atoms with Gasteiger partial charge >= 0.3 is 5.97 Å². The van der Waals surface area contributed by atoms with E-state index < -0.39 is 5.97 Å². The van der Waals surface area contributed by atoms with Crippen molar-refractivity contribution in [2.75, 3.05) is 0 Å². The number of benzene rings is 1. The van der Waals surface area contributed by atoms with Crippen molar-refractivity contribution in [3.63, 3.8) is 0 Å². The lowest BCUT2D eigenvalue weighted by Crippen LogP contribution is -2.03. The molecule has 1 aromatic heterocycles. The summed E-state index contributed by atoms with van der Waals surface area (Å²) in [5.74, 6) is -0.640. The van der Waals surface area contributed by atoms with E-state index in [1.165, 1.54) is 36.0 Å². The standard InChI is InChI=1S/C11H10FN3O2/c1-7-11(17-8(2)16)14-15(13-7)10-5-3-9(12)4-6-10/h3-6H,1-2H3. The highest BCUT2D eigenvalue weighted by molar-refractivity contribution is 5.68. The highest BCUT2D eigenvalue weighted by atomic mass is 19.1. The molecule has 0 aliphatic carbocycles. The number of rotatable bonds is 2. The summed E-state index contributed by atoms with van der Waals surface area (Å²) in [6.45, 7) is 2.96. The summed E-state index contributed by atoms with van der Waals surface area (Å²) >= 11 is 0. The average Bonchev–Trinajstić information content (AvgIpc) is 2.60. The van der Waals surface area contributed by atoms with Gasteiger partial charge in [-0.2, -0.15) is 0 Å². The van der Waals surface area contributed by atoms with E-state index in [0.29, 0.717) is 11.4 Å². The van der Waals surface area contributed by atoms with E-state index in [0.717, 1.165) is 0 Å². The summed E-state index contributed by atoms with van der Waals surface area (Å²) in [5.41, 5.74) is 1.08. The van der Waals surface area contributed by atoms with Crippen LogP contribution in [0.25, 0.3) is 5.69 Å². The van der Waals surface area contributed by atoms with Gasteiger partial charge in [-0.1, -0.05) is 0 Å². The van der Waals surface area contributed by atoms with Crippen LogP contribution in [-0.4, -0.2) is 21.0 Å². The third-order valence-electron chi connectivity index (χ3n) is 2.04. The number of aromatic nitrogens is 3. The third-order valence-corrected chi connectivity index (χ3v) is 2.04. The summed E-state index contributed by atoms with van der Waals surface area (Å²) in [5, 5.41) is 8.06. The molecule has 1 heterocycles. The normalized spacial score (nSPS) is 10.3. The van der Waals surface area contributed by atoms with E-state index in [-0.39, 0.29) is 11.7 Å². The summed E-state index contributed by atoms with van der Waals surface area (Å²) in [6, 6.07) is 5.68. The molecule has 0 bridgehead atoms. The van der Waals surface area contributed by atoms with Crippen LogP contribution in [0.2, 0.25) is 0 Å². The largest absolute Gasteiger partial charge is 0.404 e. The Labute approximate surface area is 96.8 Å². The molecule has 0 radical (unpaired) electrons. The van der Waals surface area contributed by atoms with E-state index in [4.69, 9.17) is 4.74 Å². The summed E-state index contributed by atoms with van der Waals surface area (Å²) < 4.78 is 17.6. The maximum absolute atomic E-state index is 12.7. The number of esters is 1. The van der Waals surface area contributed by atoms with E-state index in [1.807, 2.05) is 0 Å². The predicted octanol–water partition coefficient (Wildman–Crippen LogP) is 1.64. The number of halogens is 1. The van der Waals surface area contributed by atoms with Crippen molar-refractivity contribution in [3.8, 4) is 11.6 Å². The highest BCUT2D eigenvalue weighted by Gasteiger charge is 2.11. The predicted molar refractivity (Wildman–Crippen MR) is 57.4 cm³/mol. The van der Waals surface area contributed by atoms with E-state index in [2.05, 4.69) is 10.2 Å². The smallest absolute Gasteiger partial charge is 0.309 e. The first-order chi connectivity index (χ1) is 8.06. The molecule has 2 aromatic rings. The Morgan fingerprint density at radius 3 is 2.53 bits per heavy atom. The molecule has 0 atom stereocenters. The number of carbonyl (C=O) groups is 1. The SMILES string of the molecule is CC(=O)Oc1nn(-c2ccc(F)cc2)nc1C. The lowest BCUT2D eigenvalue weighted by atomic mass is 10.3. The van der Waals surface area contributed by atoms with Gasteiger partial charge in [0.15, 0.2) is 0 Å². The second-order valence-electron chi connectivity index (χ2n) is 3.45. The Bertz CT molecular complexity index is 548. The molecule has 0 saturated heterocycles. The lowest BCUT2D eigenvalue weighted by Gasteiger charge is -1.98. The van der Waals surface area contributed by atoms with Crippen LogP contribution in [0.3, 0.4) is 0 Å². The first kappa shape index (κ1) is 11.3. The second kappa shape index (κ2) is 4.32. The molecule has 5 nitrogen and oxygen atoms in total. The molecule has 17 heavy (non-hydrogen) atoms. The number of ether oxygens (including phenoxy) is 1. The van der Waals surface area contributed by atoms with Crippen molar-refractivity contribution in [1.29, 1.82) is 0 Å². The van der Waals surface area contributed by atoms with Gasteiger partial charge in [-0.25, -0.2) is 4.39 Å². The highest BCUT2D eigenvalue weighted by Crippen LogP contribution is 2.14. The molecule has 0 saturated carbocycles. The molecular formula is C11H10FN3O2. The van der Waals surface area contributed by atoms with Crippen LogP contribution < -0.4 is 4.74 Å². The molecule has 0 aliphatic heterocycles. The van der Waals surface area contributed by atoms with Crippen molar-refractivity contribution < 1.29 is 13.9 Å². The zero-order valence-corrected chi connectivity index (χ0v) is 9.35. The van der Waals surface area contributed by atoms with Crippen molar-refractivity contribution >= 4 is 5.97 Å². The molecule has 0 spiro atoms. The number of hydrogen-bond donors (Lipinski definition) is 0. The first-order valence-corrected chi connectivity index (χ1v) is 4.94. The number of carbonyl (C=O) groups excluding carboxylic acids is 1. The molecule has 0 N–H and O–H groups in total. The fourth-order valence-corrected chi connectivity index (χ4v) is 1.29. The topological polar surface area (TPSA) is 57.0 Å². The lowest BCUT2D eigenvalue weighted by molar-refractivity contribution is -0.132. The molecular weight excluding hydrogens is 225 g/mol. The number of nitrogens with zero attached hydrogens (tertiary/aromatic N) is 3. The maximum atomic E-state index is 12.7. The number of aryl methyl sites for hydroxylation is 1. The minimum atomic E-state index is -0.459. The maximum Gasteiger partial charge on any atom is 0.309 e.